The van der Waals surface area contributed by atoms with Crippen LogP contribution in [0.25, 0.3) is 6.08 Å². The Hall–Kier alpha value is -0.750. The van der Waals surface area contributed by atoms with Gasteiger partial charge in [-0.1, -0.05) is 0 Å². The molecule has 0 unspecified atom stereocenters. The maximum atomic E-state index is 13.3. The van der Waals surface area contributed by atoms with Gasteiger partial charge >= 0.3 is 15.2 Å². The van der Waals surface area contributed by atoms with Crippen LogP contribution in [0.2, 0.25) is 0 Å². The second-order valence-electron chi connectivity index (χ2n) is 4.60. The van der Waals surface area contributed by atoms with Crippen LogP contribution in [0.5, 0.6) is 0 Å². The minimum Gasteiger partial charge on any atom is -0.334 e. The van der Waals surface area contributed by atoms with Crippen molar-refractivity contribution in [2.24, 2.45) is 7.05 Å². The summed E-state index contributed by atoms with van der Waals surface area (Å²) >= 11 is 0. The van der Waals surface area contributed by atoms with Crippen LogP contribution in [0.1, 0.15) is 33.4 Å². The molecule has 8 nitrogen and oxygen atoms in total. The average molecular weight is 380 g/mol. The zero-order valence-electron chi connectivity index (χ0n) is 14.8. The largest absolute Gasteiger partial charge is 0.369 e. The molecule has 0 aliphatic rings. The van der Waals surface area contributed by atoms with Gasteiger partial charge in [-0.15, -0.1) is 0 Å². The molecule has 0 saturated heterocycles. The molecule has 10 heteroatoms. The first kappa shape index (κ1) is 21.3. The molecule has 1 aromatic rings. The fourth-order valence-electron chi connectivity index (χ4n) is 1.97. The number of aryl methyl sites for hydroxylation is 1. The number of aromatic nitrogens is 2. The third kappa shape index (κ3) is 5.12. The highest BCUT2D eigenvalue weighted by molar-refractivity contribution is 7.79. The van der Waals surface area contributed by atoms with Crippen molar-refractivity contribution in [2.45, 2.75) is 27.7 Å². The first-order chi connectivity index (χ1) is 11.4. The molecule has 0 N–H and O–H groups in total. The molecular formula is C14H26N2O6P2. The van der Waals surface area contributed by atoms with Gasteiger partial charge in [0.25, 0.3) is 0 Å². The van der Waals surface area contributed by atoms with E-state index in [0.29, 0.717) is 5.69 Å². The van der Waals surface area contributed by atoms with Crippen LogP contribution in [0.4, 0.5) is 0 Å². The van der Waals surface area contributed by atoms with Crippen molar-refractivity contribution in [1.29, 1.82) is 0 Å². The lowest BCUT2D eigenvalue weighted by molar-refractivity contribution is 0.214. The summed E-state index contributed by atoms with van der Waals surface area (Å²) in [6.07, 6.45) is 4.57. The van der Waals surface area contributed by atoms with Gasteiger partial charge in [0.2, 0.25) is 0 Å². The van der Waals surface area contributed by atoms with E-state index in [-0.39, 0.29) is 31.5 Å². The summed E-state index contributed by atoms with van der Waals surface area (Å²) < 4.78 is 49.7. The Balaban J connectivity index is 3.56. The highest BCUT2D eigenvalue weighted by atomic mass is 31.2. The molecule has 1 aromatic heterocycles. The highest BCUT2D eigenvalue weighted by Crippen LogP contribution is 2.74. The van der Waals surface area contributed by atoms with Gasteiger partial charge in [0.1, 0.15) is 0 Å². The average Bonchev–Trinajstić information content (AvgIpc) is 2.91. The van der Waals surface area contributed by atoms with Crippen LogP contribution in [-0.2, 0) is 34.3 Å². The Kier molecular flexibility index (Phi) is 8.57. The summed E-state index contributed by atoms with van der Waals surface area (Å²) in [7, 11) is -5.97. The Morgan fingerprint density at radius 3 is 1.71 bits per heavy atom. The molecule has 0 spiro atoms. The van der Waals surface area contributed by atoms with Crippen LogP contribution in [0.3, 0.4) is 0 Å². The van der Waals surface area contributed by atoms with E-state index in [1.807, 2.05) is 0 Å². The van der Waals surface area contributed by atoms with Crippen molar-refractivity contribution in [1.82, 2.24) is 9.55 Å². The maximum absolute atomic E-state index is 13.3. The predicted molar refractivity (Wildman–Crippen MR) is 92.9 cm³/mol. The van der Waals surface area contributed by atoms with Crippen LogP contribution in [0.15, 0.2) is 17.6 Å². The zero-order valence-corrected chi connectivity index (χ0v) is 16.6. The number of hydrogen-bond donors (Lipinski definition) is 0. The van der Waals surface area contributed by atoms with E-state index in [4.69, 9.17) is 18.1 Å². The summed E-state index contributed by atoms with van der Waals surface area (Å²) in [4.78, 5) is 4.00. The molecule has 0 aliphatic heterocycles. The third-order valence-corrected chi connectivity index (χ3v) is 8.13. The van der Waals surface area contributed by atoms with Crippen LogP contribution < -0.4 is 0 Å². The monoisotopic (exact) mass is 380 g/mol. The van der Waals surface area contributed by atoms with Crippen molar-refractivity contribution in [2.75, 3.05) is 26.4 Å². The van der Waals surface area contributed by atoms with Gasteiger partial charge < -0.3 is 22.7 Å². The zero-order chi connectivity index (χ0) is 18.2. The second-order valence-corrected chi connectivity index (χ2v) is 8.94. The second kappa shape index (κ2) is 9.66. The lowest BCUT2D eigenvalue weighted by Gasteiger charge is -2.25. The smallest absolute Gasteiger partial charge is 0.334 e. The van der Waals surface area contributed by atoms with Gasteiger partial charge in [-0.3, -0.25) is 9.13 Å². The Morgan fingerprint density at radius 1 is 1.00 bits per heavy atom. The van der Waals surface area contributed by atoms with Crippen molar-refractivity contribution < 1.29 is 27.2 Å². The molecule has 0 aliphatic carbocycles. The molecule has 0 bridgehead atoms. The summed E-state index contributed by atoms with van der Waals surface area (Å²) in [5.41, 5.74) is 0.573. The third-order valence-electron chi connectivity index (χ3n) is 2.89. The van der Waals surface area contributed by atoms with E-state index in [0.717, 1.165) is 0 Å². The summed E-state index contributed by atoms with van der Waals surface area (Å²) in [6.45, 7) is 7.21. The van der Waals surface area contributed by atoms with E-state index >= 15 is 0 Å². The first-order valence-corrected chi connectivity index (χ1v) is 10.9. The topological polar surface area (TPSA) is 88.9 Å². The van der Waals surface area contributed by atoms with Gasteiger partial charge in [0.15, 0.2) is 5.06 Å². The van der Waals surface area contributed by atoms with Crippen molar-refractivity contribution in [3.8, 4) is 0 Å². The Bertz CT molecular complexity index is 591. The summed E-state index contributed by atoms with van der Waals surface area (Å²) in [6, 6.07) is 0. The predicted octanol–water partition coefficient (Wildman–Crippen LogP) is 4.25. The summed E-state index contributed by atoms with van der Waals surface area (Å²) in [5.74, 6) is 0. The van der Waals surface area contributed by atoms with Gasteiger partial charge in [-0.25, -0.2) is 4.98 Å². The minimum atomic E-state index is -3.86. The highest BCUT2D eigenvalue weighted by Gasteiger charge is 2.45. The van der Waals surface area contributed by atoms with Crippen LogP contribution in [0, 0.1) is 0 Å². The quantitative estimate of drug-likeness (QED) is 0.530. The van der Waals surface area contributed by atoms with E-state index in [9.17, 15) is 9.13 Å². The lowest BCUT2D eigenvalue weighted by Crippen LogP contribution is -2.05. The number of imidazole rings is 1. The maximum Gasteiger partial charge on any atom is 0.369 e. The lowest BCUT2D eigenvalue weighted by atomic mass is 10.5. The van der Waals surface area contributed by atoms with E-state index in [1.54, 1.807) is 51.8 Å². The standard InChI is InChI=1S/C14H26N2O6P2/c1-6-19-23(17,20-7-2)14(10-13-11-15-12-16(13)5)24(18,21-8-3)22-9-4/h10-12H,6-9H2,1-5H3. The molecule has 24 heavy (non-hydrogen) atoms. The fourth-order valence-corrected chi connectivity index (χ4v) is 6.48. The molecule has 1 heterocycles. The van der Waals surface area contributed by atoms with Gasteiger partial charge in [0, 0.05) is 7.05 Å². The van der Waals surface area contributed by atoms with E-state index in [1.165, 1.54) is 6.08 Å². The van der Waals surface area contributed by atoms with Gasteiger partial charge in [-0.2, -0.15) is 0 Å². The molecule has 0 radical (unpaired) electrons. The van der Waals surface area contributed by atoms with Crippen LogP contribution in [-0.4, -0.2) is 36.0 Å². The molecule has 0 saturated carbocycles. The molecule has 0 aromatic carbocycles. The number of rotatable bonds is 11. The SMILES string of the molecule is CCOP(=O)(OCC)C(=Cc1cncn1C)P(=O)(OCC)OCC. The molecule has 0 atom stereocenters. The van der Waals surface area contributed by atoms with Crippen molar-refractivity contribution in [3.05, 3.63) is 23.3 Å². The Morgan fingerprint density at radius 2 is 1.42 bits per heavy atom. The normalized spacial score (nSPS) is 12.4. The van der Waals surface area contributed by atoms with Gasteiger partial charge in [0.05, 0.1) is 44.6 Å². The number of nitrogens with zero attached hydrogens (tertiary/aromatic N) is 2. The minimum absolute atomic E-state index is 0.119. The van der Waals surface area contributed by atoms with E-state index < -0.39 is 15.2 Å². The van der Waals surface area contributed by atoms with Gasteiger partial charge in [-0.05, 0) is 33.8 Å². The van der Waals surface area contributed by atoms with Crippen molar-refractivity contribution >= 4 is 21.3 Å². The molecule has 0 amide bonds. The molecule has 1 rings (SSSR count). The number of hydrogen-bond acceptors (Lipinski definition) is 7. The summed E-state index contributed by atoms with van der Waals surface area (Å²) in [5, 5.41) is -0.119. The van der Waals surface area contributed by atoms with E-state index in [2.05, 4.69) is 4.98 Å². The Labute approximate surface area is 143 Å². The fraction of sp³-hybridized carbons (Fsp3) is 0.643. The molecular weight excluding hydrogens is 354 g/mol. The molecule has 138 valence electrons. The van der Waals surface area contributed by atoms with Crippen molar-refractivity contribution in [3.63, 3.8) is 0 Å². The first-order valence-electron chi connectivity index (χ1n) is 7.84. The molecule has 0 fully saturated rings. The van der Waals surface area contributed by atoms with Crippen LogP contribution >= 0.6 is 15.2 Å².